The van der Waals surface area contributed by atoms with Crippen LogP contribution in [0.2, 0.25) is 0 Å². The van der Waals surface area contributed by atoms with E-state index in [2.05, 4.69) is 6.92 Å². The number of nitrogens with two attached hydrogens (primary N) is 1. The summed E-state index contributed by atoms with van der Waals surface area (Å²) in [7, 11) is 0. The van der Waals surface area contributed by atoms with Crippen LogP contribution >= 0.6 is 0 Å². The summed E-state index contributed by atoms with van der Waals surface area (Å²) >= 11 is 0. The van der Waals surface area contributed by atoms with Crippen LogP contribution in [-0.2, 0) is 6.42 Å². The normalized spacial score (nSPS) is 10.2. The van der Waals surface area contributed by atoms with Crippen molar-refractivity contribution in [1.29, 1.82) is 0 Å². The molecule has 0 radical (unpaired) electrons. The Kier molecular flexibility index (Phi) is 3.24. The lowest BCUT2D eigenvalue weighted by molar-refractivity contribution is 0.112. The van der Waals surface area contributed by atoms with Crippen LogP contribution in [0.1, 0.15) is 22.8 Å². The summed E-state index contributed by atoms with van der Waals surface area (Å²) in [5.74, 6) is 0. The van der Waals surface area contributed by atoms with Gasteiger partial charge in [0, 0.05) is 16.8 Å². The van der Waals surface area contributed by atoms with Gasteiger partial charge in [-0.25, -0.2) is 0 Å². The zero-order valence-corrected chi connectivity index (χ0v) is 9.81. The highest BCUT2D eigenvalue weighted by Crippen LogP contribution is 2.29. The van der Waals surface area contributed by atoms with Crippen molar-refractivity contribution in [3.8, 4) is 11.1 Å². The summed E-state index contributed by atoms with van der Waals surface area (Å²) in [5.41, 5.74) is 10.4. The molecule has 0 aromatic heterocycles. The highest BCUT2D eigenvalue weighted by Gasteiger charge is 2.07. The molecule has 0 fully saturated rings. The van der Waals surface area contributed by atoms with Crippen molar-refractivity contribution in [2.45, 2.75) is 13.3 Å². The van der Waals surface area contributed by atoms with Crippen LogP contribution in [0.3, 0.4) is 0 Å². The maximum atomic E-state index is 11.0. The fourth-order valence-electron chi connectivity index (χ4n) is 1.92. The number of aryl methyl sites for hydroxylation is 1. The van der Waals surface area contributed by atoms with Gasteiger partial charge in [-0.3, -0.25) is 4.79 Å². The van der Waals surface area contributed by atoms with E-state index in [0.29, 0.717) is 5.56 Å². The molecule has 2 aromatic carbocycles. The molecule has 0 heterocycles. The minimum Gasteiger partial charge on any atom is -0.398 e. The van der Waals surface area contributed by atoms with Crippen molar-refractivity contribution < 1.29 is 4.79 Å². The molecule has 2 heteroatoms. The third-order valence-electron chi connectivity index (χ3n) is 2.90. The molecular formula is C15H15NO. The topological polar surface area (TPSA) is 43.1 Å². The van der Waals surface area contributed by atoms with Crippen LogP contribution in [0.5, 0.6) is 0 Å². The van der Waals surface area contributed by atoms with E-state index in [9.17, 15) is 4.79 Å². The van der Waals surface area contributed by atoms with Gasteiger partial charge in [0.15, 0.2) is 6.29 Å². The number of carbonyl (C=O) groups is 1. The van der Waals surface area contributed by atoms with E-state index in [-0.39, 0.29) is 0 Å². The van der Waals surface area contributed by atoms with Gasteiger partial charge in [0.25, 0.3) is 0 Å². The Morgan fingerprint density at radius 3 is 2.53 bits per heavy atom. The minimum atomic E-state index is 0.670. The summed E-state index contributed by atoms with van der Waals surface area (Å²) in [6, 6.07) is 13.5. The third-order valence-corrected chi connectivity index (χ3v) is 2.90. The zero-order valence-electron chi connectivity index (χ0n) is 9.81. The Morgan fingerprint density at radius 2 is 1.88 bits per heavy atom. The molecule has 2 aromatic rings. The smallest absolute Gasteiger partial charge is 0.150 e. The molecule has 2 nitrogen and oxygen atoms in total. The Morgan fingerprint density at radius 1 is 1.12 bits per heavy atom. The molecule has 0 atom stereocenters. The van der Waals surface area contributed by atoms with Gasteiger partial charge in [0.2, 0.25) is 0 Å². The Balaban J connectivity index is 2.56. The van der Waals surface area contributed by atoms with Gasteiger partial charge >= 0.3 is 0 Å². The lowest BCUT2D eigenvalue weighted by Crippen LogP contribution is -1.95. The summed E-state index contributed by atoms with van der Waals surface area (Å²) < 4.78 is 0. The van der Waals surface area contributed by atoms with E-state index in [1.54, 1.807) is 6.07 Å². The summed E-state index contributed by atoms with van der Waals surface area (Å²) in [5, 5.41) is 0. The molecular weight excluding hydrogens is 210 g/mol. The van der Waals surface area contributed by atoms with Crippen molar-refractivity contribution in [2.75, 3.05) is 5.73 Å². The molecule has 0 unspecified atom stereocenters. The lowest BCUT2D eigenvalue weighted by Gasteiger charge is -2.09. The number of hydrogen-bond acceptors (Lipinski definition) is 2. The SMILES string of the molecule is CCc1ccc(-c2ccccc2C=O)c(N)c1. The number of aldehydes is 1. The molecule has 86 valence electrons. The van der Waals surface area contributed by atoms with Crippen LogP contribution in [0, 0.1) is 0 Å². The van der Waals surface area contributed by atoms with Gasteiger partial charge in [-0.05, 0) is 23.6 Å². The first-order valence-corrected chi connectivity index (χ1v) is 5.69. The molecule has 0 aliphatic heterocycles. The molecule has 0 aliphatic rings. The van der Waals surface area contributed by atoms with Gasteiger partial charge in [-0.15, -0.1) is 0 Å². The molecule has 0 aliphatic carbocycles. The molecule has 17 heavy (non-hydrogen) atoms. The standard InChI is InChI=1S/C15H15NO/c1-2-11-7-8-14(15(16)9-11)13-6-4-3-5-12(13)10-17/h3-10H,2,16H2,1H3. The lowest BCUT2D eigenvalue weighted by atomic mass is 9.97. The Bertz CT molecular complexity index is 546. The summed E-state index contributed by atoms with van der Waals surface area (Å²) in [6.45, 7) is 2.09. The van der Waals surface area contributed by atoms with Crippen LogP contribution in [-0.4, -0.2) is 6.29 Å². The largest absolute Gasteiger partial charge is 0.398 e. The van der Waals surface area contributed by atoms with Gasteiger partial charge in [-0.2, -0.15) is 0 Å². The number of rotatable bonds is 3. The molecule has 0 bridgehead atoms. The highest BCUT2D eigenvalue weighted by atomic mass is 16.1. The second-order valence-electron chi connectivity index (χ2n) is 3.98. The van der Waals surface area contributed by atoms with Gasteiger partial charge in [0.05, 0.1) is 0 Å². The van der Waals surface area contributed by atoms with E-state index in [0.717, 1.165) is 29.5 Å². The second kappa shape index (κ2) is 4.83. The predicted molar refractivity (Wildman–Crippen MR) is 71.1 cm³/mol. The number of hydrogen-bond donors (Lipinski definition) is 1. The number of benzene rings is 2. The number of nitrogen functional groups attached to an aromatic ring is 1. The van der Waals surface area contributed by atoms with E-state index in [1.807, 2.05) is 36.4 Å². The van der Waals surface area contributed by atoms with Crippen LogP contribution in [0.15, 0.2) is 42.5 Å². The first-order valence-electron chi connectivity index (χ1n) is 5.69. The molecule has 2 rings (SSSR count). The van der Waals surface area contributed by atoms with Crippen molar-refractivity contribution >= 4 is 12.0 Å². The molecule has 2 N–H and O–H groups in total. The maximum Gasteiger partial charge on any atom is 0.150 e. The van der Waals surface area contributed by atoms with Gasteiger partial charge in [0.1, 0.15) is 0 Å². The summed E-state index contributed by atoms with van der Waals surface area (Å²) in [4.78, 5) is 11.0. The molecule has 0 saturated carbocycles. The summed E-state index contributed by atoms with van der Waals surface area (Å²) in [6.07, 6.45) is 1.82. The highest BCUT2D eigenvalue weighted by molar-refractivity contribution is 5.91. The first kappa shape index (κ1) is 11.4. The van der Waals surface area contributed by atoms with E-state index in [1.165, 1.54) is 5.56 Å². The molecule has 0 amide bonds. The molecule has 0 saturated heterocycles. The van der Waals surface area contributed by atoms with Crippen LogP contribution in [0.4, 0.5) is 5.69 Å². The minimum absolute atomic E-state index is 0.670. The zero-order chi connectivity index (χ0) is 12.3. The molecule has 0 spiro atoms. The second-order valence-corrected chi connectivity index (χ2v) is 3.98. The predicted octanol–water partition coefficient (Wildman–Crippen LogP) is 3.31. The number of carbonyl (C=O) groups excluding carboxylic acids is 1. The Hall–Kier alpha value is -2.09. The van der Waals surface area contributed by atoms with Crippen LogP contribution < -0.4 is 5.73 Å². The quantitative estimate of drug-likeness (QED) is 0.643. The van der Waals surface area contributed by atoms with E-state index in [4.69, 9.17) is 5.73 Å². The van der Waals surface area contributed by atoms with E-state index < -0.39 is 0 Å². The first-order chi connectivity index (χ1) is 8.26. The van der Waals surface area contributed by atoms with Gasteiger partial charge in [-0.1, -0.05) is 43.3 Å². The average Bonchev–Trinajstić information content (AvgIpc) is 2.38. The van der Waals surface area contributed by atoms with Gasteiger partial charge < -0.3 is 5.73 Å². The third kappa shape index (κ3) is 2.21. The fourth-order valence-corrected chi connectivity index (χ4v) is 1.92. The fraction of sp³-hybridized carbons (Fsp3) is 0.133. The van der Waals surface area contributed by atoms with Crippen LogP contribution in [0.25, 0.3) is 11.1 Å². The monoisotopic (exact) mass is 225 g/mol. The average molecular weight is 225 g/mol. The van der Waals surface area contributed by atoms with Crippen molar-refractivity contribution in [3.05, 3.63) is 53.6 Å². The maximum absolute atomic E-state index is 11.0. The van der Waals surface area contributed by atoms with Crippen molar-refractivity contribution in [3.63, 3.8) is 0 Å². The van der Waals surface area contributed by atoms with Crippen molar-refractivity contribution in [2.24, 2.45) is 0 Å². The van der Waals surface area contributed by atoms with E-state index >= 15 is 0 Å². The van der Waals surface area contributed by atoms with Crippen molar-refractivity contribution in [1.82, 2.24) is 0 Å². The number of anilines is 1. The Labute approximate surface area is 101 Å².